The molecular formula is C19H17ClN2O3S2. The third-order valence-electron chi connectivity index (χ3n) is 4.67. The minimum absolute atomic E-state index is 0.102. The van der Waals surface area contributed by atoms with Crippen molar-refractivity contribution < 1.29 is 13.2 Å². The summed E-state index contributed by atoms with van der Waals surface area (Å²) in [5, 5.41) is 1.89. The summed E-state index contributed by atoms with van der Waals surface area (Å²) >= 11 is 7.13. The monoisotopic (exact) mass is 420 g/mol. The quantitative estimate of drug-likeness (QED) is 0.649. The molecule has 5 nitrogen and oxygen atoms in total. The van der Waals surface area contributed by atoms with Gasteiger partial charge in [0.2, 0.25) is 10.0 Å². The molecule has 0 saturated carbocycles. The van der Waals surface area contributed by atoms with Crippen molar-refractivity contribution in [3.8, 4) is 0 Å². The molecule has 1 fully saturated rings. The van der Waals surface area contributed by atoms with Crippen LogP contribution in [0.25, 0.3) is 10.8 Å². The number of halogens is 1. The number of sulfonamides is 1. The third kappa shape index (κ3) is 3.60. The van der Waals surface area contributed by atoms with Crippen molar-refractivity contribution in [3.63, 3.8) is 0 Å². The summed E-state index contributed by atoms with van der Waals surface area (Å²) in [6.45, 7) is 1.28. The Bertz CT molecular complexity index is 1100. The fourth-order valence-electron chi connectivity index (χ4n) is 3.19. The number of benzene rings is 2. The summed E-state index contributed by atoms with van der Waals surface area (Å²) in [4.78, 5) is 15.0. The molecule has 0 aliphatic carbocycles. The van der Waals surface area contributed by atoms with Gasteiger partial charge < -0.3 is 4.90 Å². The largest absolute Gasteiger partial charge is 0.335 e. The predicted molar refractivity (Wildman–Crippen MR) is 108 cm³/mol. The molecular weight excluding hydrogens is 404 g/mol. The van der Waals surface area contributed by atoms with Crippen molar-refractivity contribution in [1.29, 1.82) is 0 Å². The van der Waals surface area contributed by atoms with Crippen molar-refractivity contribution in [2.45, 2.75) is 4.90 Å². The van der Waals surface area contributed by atoms with Gasteiger partial charge >= 0.3 is 0 Å². The van der Waals surface area contributed by atoms with E-state index in [9.17, 15) is 13.2 Å². The smallest absolute Gasteiger partial charge is 0.264 e. The predicted octanol–water partition coefficient (Wildman–Crippen LogP) is 3.70. The first-order valence-electron chi connectivity index (χ1n) is 8.49. The Balaban J connectivity index is 1.50. The Hall–Kier alpha value is -1.93. The fourth-order valence-corrected chi connectivity index (χ4v) is 5.66. The number of hydrogen-bond acceptors (Lipinski definition) is 4. The van der Waals surface area contributed by atoms with E-state index in [0.717, 1.165) is 10.8 Å². The van der Waals surface area contributed by atoms with Crippen LogP contribution in [0.4, 0.5) is 0 Å². The number of hydrogen-bond donors (Lipinski definition) is 0. The van der Waals surface area contributed by atoms with Gasteiger partial charge in [0.1, 0.15) is 0 Å². The van der Waals surface area contributed by atoms with Gasteiger partial charge in [0, 0.05) is 26.2 Å². The third-order valence-corrected chi connectivity index (χ3v) is 7.78. The van der Waals surface area contributed by atoms with E-state index in [0.29, 0.717) is 22.3 Å². The van der Waals surface area contributed by atoms with E-state index in [-0.39, 0.29) is 23.9 Å². The average Bonchev–Trinajstić information content (AvgIpc) is 3.13. The van der Waals surface area contributed by atoms with Gasteiger partial charge in [-0.25, -0.2) is 8.42 Å². The molecule has 0 bridgehead atoms. The number of thiophene rings is 1. The Morgan fingerprint density at radius 2 is 1.63 bits per heavy atom. The van der Waals surface area contributed by atoms with Crippen LogP contribution in [0.5, 0.6) is 0 Å². The fraction of sp³-hybridized carbons (Fsp3) is 0.211. The van der Waals surface area contributed by atoms with Crippen LogP contribution in [-0.2, 0) is 10.0 Å². The summed E-state index contributed by atoms with van der Waals surface area (Å²) in [6, 6.07) is 16.2. The maximum absolute atomic E-state index is 13.0. The molecule has 140 valence electrons. The standard InChI is InChI=1S/C19H17ClN2O3S2/c20-18-8-7-17(26-18)19(23)21-9-11-22(12-10-21)27(24,25)16-6-5-14-3-1-2-4-15(14)13-16/h1-8,13H,9-12H2. The van der Waals surface area contributed by atoms with Crippen molar-refractivity contribution in [2.75, 3.05) is 26.2 Å². The number of amides is 1. The van der Waals surface area contributed by atoms with Crippen LogP contribution in [0.3, 0.4) is 0 Å². The van der Waals surface area contributed by atoms with Crippen molar-refractivity contribution >= 4 is 49.6 Å². The van der Waals surface area contributed by atoms with Crippen LogP contribution in [0, 0.1) is 0 Å². The first-order valence-corrected chi connectivity index (χ1v) is 11.1. The van der Waals surface area contributed by atoms with Gasteiger partial charge in [-0.15, -0.1) is 11.3 Å². The Kier molecular flexibility index (Phi) is 4.94. The van der Waals surface area contributed by atoms with Gasteiger partial charge in [0.15, 0.2) is 0 Å². The number of carbonyl (C=O) groups is 1. The zero-order valence-electron chi connectivity index (χ0n) is 14.3. The second-order valence-electron chi connectivity index (χ2n) is 6.31. The molecule has 0 radical (unpaired) electrons. The molecule has 0 N–H and O–H groups in total. The highest BCUT2D eigenvalue weighted by Gasteiger charge is 2.30. The molecule has 1 aliphatic rings. The molecule has 27 heavy (non-hydrogen) atoms. The summed E-state index contributed by atoms with van der Waals surface area (Å²) < 4.78 is 28.0. The number of piperazine rings is 1. The van der Waals surface area contributed by atoms with Gasteiger partial charge in [0.25, 0.3) is 5.91 Å². The highest BCUT2D eigenvalue weighted by molar-refractivity contribution is 7.89. The van der Waals surface area contributed by atoms with Crippen LogP contribution in [-0.4, -0.2) is 49.7 Å². The van der Waals surface area contributed by atoms with E-state index >= 15 is 0 Å². The van der Waals surface area contributed by atoms with E-state index in [1.54, 1.807) is 29.2 Å². The van der Waals surface area contributed by atoms with Crippen LogP contribution < -0.4 is 0 Å². The highest BCUT2D eigenvalue weighted by atomic mass is 35.5. The lowest BCUT2D eigenvalue weighted by Gasteiger charge is -2.33. The summed E-state index contributed by atoms with van der Waals surface area (Å²) in [5.74, 6) is -0.102. The molecule has 0 spiro atoms. The highest BCUT2D eigenvalue weighted by Crippen LogP contribution is 2.25. The molecule has 2 aromatic carbocycles. The van der Waals surface area contributed by atoms with Gasteiger partial charge in [-0.1, -0.05) is 41.9 Å². The van der Waals surface area contributed by atoms with E-state index in [1.165, 1.54) is 15.6 Å². The molecule has 1 aromatic heterocycles. The Morgan fingerprint density at radius 1 is 0.926 bits per heavy atom. The van der Waals surface area contributed by atoms with Crippen molar-refractivity contribution in [1.82, 2.24) is 9.21 Å². The zero-order chi connectivity index (χ0) is 19.0. The van der Waals surface area contributed by atoms with Crippen LogP contribution in [0.1, 0.15) is 9.67 Å². The minimum Gasteiger partial charge on any atom is -0.335 e. The average molecular weight is 421 g/mol. The van der Waals surface area contributed by atoms with Crippen molar-refractivity contribution in [2.24, 2.45) is 0 Å². The lowest BCUT2D eigenvalue weighted by atomic mass is 10.1. The lowest BCUT2D eigenvalue weighted by molar-refractivity contribution is 0.0703. The van der Waals surface area contributed by atoms with Crippen LogP contribution in [0.15, 0.2) is 59.5 Å². The normalized spacial score (nSPS) is 16.0. The maximum Gasteiger partial charge on any atom is 0.264 e. The maximum atomic E-state index is 13.0. The Morgan fingerprint density at radius 3 is 2.30 bits per heavy atom. The van der Waals surface area contributed by atoms with Crippen LogP contribution in [0.2, 0.25) is 4.34 Å². The van der Waals surface area contributed by atoms with E-state index in [2.05, 4.69) is 0 Å². The topological polar surface area (TPSA) is 57.7 Å². The molecule has 2 heterocycles. The van der Waals surface area contributed by atoms with E-state index < -0.39 is 10.0 Å². The van der Waals surface area contributed by atoms with Crippen LogP contribution >= 0.6 is 22.9 Å². The molecule has 1 amide bonds. The SMILES string of the molecule is O=C(c1ccc(Cl)s1)N1CCN(S(=O)(=O)c2ccc3ccccc3c2)CC1. The zero-order valence-corrected chi connectivity index (χ0v) is 16.7. The number of carbonyl (C=O) groups excluding carboxylic acids is 1. The van der Waals surface area contributed by atoms with Gasteiger partial charge in [-0.3, -0.25) is 4.79 Å². The molecule has 4 rings (SSSR count). The van der Waals surface area contributed by atoms with Gasteiger partial charge in [0.05, 0.1) is 14.1 Å². The molecule has 8 heteroatoms. The molecule has 0 atom stereocenters. The first kappa shape index (κ1) is 18.4. The van der Waals surface area contributed by atoms with E-state index in [4.69, 9.17) is 11.6 Å². The van der Waals surface area contributed by atoms with Crippen molar-refractivity contribution in [3.05, 3.63) is 63.8 Å². The number of nitrogens with zero attached hydrogens (tertiary/aromatic N) is 2. The first-order chi connectivity index (χ1) is 12.9. The van der Waals surface area contributed by atoms with Gasteiger partial charge in [-0.2, -0.15) is 4.31 Å². The number of rotatable bonds is 3. The molecule has 1 aliphatic heterocycles. The lowest BCUT2D eigenvalue weighted by Crippen LogP contribution is -2.50. The number of fused-ring (bicyclic) bond motifs is 1. The molecule has 1 saturated heterocycles. The Labute approximate surface area is 166 Å². The van der Waals surface area contributed by atoms with Gasteiger partial charge in [-0.05, 0) is 35.0 Å². The summed E-state index contributed by atoms with van der Waals surface area (Å²) in [7, 11) is -3.59. The molecule has 3 aromatic rings. The summed E-state index contributed by atoms with van der Waals surface area (Å²) in [5.41, 5.74) is 0. The second-order valence-corrected chi connectivity index (χ2v) is 9.96. The molecule has 0 unspecified atom stereocenters. The minimum atomic E-state index is -3.59. The second kappa shape index (κ2) is 7.24. The summed E-state index contributed by atoms with van der Waals surface area (Å²) in [6.07, 6.45) is 0. The van der Waals surface area contributed by atoms with E-state index in [1.807, 2.05) is 30.3 Å².